The number of halogens is 5. The van der Waals surface area contributed by atoms with E-state index in [2.05, 4.69) is 89.4 Å². The molecule has 0 unspecified atom stereocenters. The fourth-order valence-corrected chi connectivity index (χ4v) is 13.1. The van der Waals surface area contributed by atoms with Crippen molar-refractivity contribution >= 4 is 69.8 Å². The molecule has 0 bridgehead atoms. The minimum atomic E-state index is -0.361. The number of hydrogen-bond donors (Lipinski definition) is 0. The molecule has 5 heterocycles. The first-order valence-corrected chi connectivity index (χ1v) is 40.1. The Kier molecular flexibility index (Phi) is 45.2. The van der Waals surface area contributed by atoms with Crippen LogP contribution in [0.5, 0.6) is 40.2 Å². The van der Waals surface area contributed by atoms with Crippen LogP contribution in [0.15, 0.2) is 211 Å². The average molecular weight is 2210 g/mol. The molecule has 647 valence electrons. The third-order valence-electron chi connectivity index (χ3n) is 17.5. The fraction of sp³-hybridized carbons (Fsp3) is 0.226. The summed E-state index contributed by atoms with van der Waals surface area (Å²) < 4.78 is 52.8. The Morgan fingerprint density at radius 3 is 0.843 bits per heavy atom. The molecule has 43 heteroatoms. The molecule has 0 aliphatic rings. The molecule has 0 N–H and O–H groups in total. The second-order valence-electron chi connectivity index (χ2n) is 26.1. The standard InChI is InChI=1S/C18H18ClN4O3.C17H16ClN4O3.C17H16ClN4O2S.2C16H14ClN4O2.5Y/c1-12(2)26-16-10-6-8-15(23-18(24)22(3)20-21-23)13(16)11-25-17-9-5-4-7-14(17)19;1-3-24-15-10-6-8-14(22-17(23)21(2)19-20-22)12(15)11-25-16-9-5-4-7-13(16)18;1-3-25-16-10-6-8-14(22-17(23)21(2)19-20-22)12(16)11-24-15-9-5-4-7-13(15)18;2*1-11-6-5-8-14(21-16(22)20(2)18-19-21)12(11)10-23-15-9-4-3-7-13(15)17;;;;;/h5-10,12H,11H2,1-3H3;2*5-10H,3,11H2,1-2H3;2*4-9H,10H2,1-2H3;;;;;/q5*-1;;;;;. The molecule has 0 aliphatic carbocycles. The number of tetrazole rings is 5. The summed E-state index contributed by atoms with van der Waals surface area (Å²) in [5, 5.41) is 40.7. The fourth-order valence-electron chi connectivity index (χ4n) is 11.4. The minimum absolute atomic E-state index is 0. The van der Waals surface area contributed by atoms with Crippen molar-refractivity contribution in [3.63, 3.8) is 0 Å². The van der Waals surface area contributed by atoms with E-state index in [4.69, 9.17) is 91.2 Å². The van der Waals surface area contributed by atoms with Crippen molar-refractivity contribution in [2.75, 3.05) is 12.4 Å². The molecule has 15 rings (SSSR count). The van der Waals surface area contributed by atoms with Crippen LogP contribution in [0.2, 0.25) is 25.1 Å². The van der Waals surface area contributed by atoms with Crippen LogP contribution in [-0.4, -0.2) is 117 Å². The van der Waals surface area contributed by atoms with E-state index in [1.54, 1.807) is 148 Å². The topological polar surface area (TPSA) is 328 Å². The van der Waals surface area contributed by atoms with Gasteiger partial charge in [-0.05, 0) is 177 Å². The summed E-state index contributed by atoms with van der Waals surface area (Å²) in [5.74, 6) is 4.83. The van der Waals surface area contributed by atoms with Crippen LogP contribution in [0.4, 0.5) is 0 Å². The van der Waals surface area contributed by atoms with Crippen molar-refractivity contribution < 1.29 is 197 Å². The number of aromatic nitrogens is 20. The average Bonchev–Trinajstić information content (AvgIpc) is 1.73. The number of thioether (sulfide) groups is 1. The molecule has 5 aromatic heterocycles. The van der Waals surface area contributed by atoms with Gasteiger partial charge in [0.15, 0.2) is 0 Å². The largest absolute Gasteiger partial charge is 0.513 e. The maximum atomic E-state index is 12.3. The van der Waals surface area contributed by atoms with Gasteiger partial charge in [-0.15, -0.1) is 42.1 Å². The molecule has 10 aromatic carbocycles. The van der Waals surface area contributed by atoms with E-state index in [0.29, 0.717) is 112 Å². The summed E-state index contributed by atoms with van der Waals surface area (Å²) in [6.07, 6.45) is -0.0440. The van der Waals surface area contributed by atoms with Crippen molar-refractivity contribution in [2.45, 2.75) is 85.6 Å². The first-order chi connectivity index (χ1) is 58.8. The molecule has 127 heavy (non-hydrogen) atoms. The van der Waals surface area contributed by atoms with Crippen molar-refractivity contribution in [1.29, 1.82) is 0 Å². The van der Waals surface area contributed by atoms with Crippen molar-refractivity contribution in [3.05, 3.63) is 329 Å². The van der Waals surface area contributed by atoms with Gasteiger partial charge in [0.1, 0.15) is 44.5 Å². The smallest absolute Gasteiger partial charge is 0.368 e. The monoisotopic (exact) mass is 2210 g/mol. The van der Waals surface area contributed by atoms with Gasteiger partial charge < -0.3 is 33.2 Å². The maximum Gasteiger partial charge on any atom is 0.368 e. The van der Waals surface area contributed by atoms with Gasteiger partial charge in [0.2, 0.25) is 0 Å². The van der Waals surface area contributed by atoms with Gasteiger partial charge in [-0.2, -0.15) is 196 Å². The third-order valence-corrected chi connectivity index (χ3v) is 20.0. The van der Waals surface area contributed by atoms with Gasteiger partial charge >= 0.3 is 28.4 Å². The maximum absolute atomic E-state index is 12.3. The Balaban J connectivity index is 0.000000243. The Morgan fingerprint density at radius 1 is 0.323 bits per heavy atom. The number of nitrogens with zero attached hydrogens (tertiary/aromatic N) is 20. The van der Waals surface area contributed by atoms with Crippen LogP contribution >= 0.6 is 69.8 Å². The van der Waals surface area contributed by atoms with Gasteiger partial charge in [0.05, 0.1) is 52.3 Å². The molecular formula is C84H78Cl5N20O12SY5-5. The predicted octanol–water partition coefficient (Wildman–Crippen LogP) is 12.9. The molecule has 15 aromatic rings. The summed E-state index contributed by atoms with van der Waals surface area (Å²) in [6.45, 7) is 13.3. The van der Waals surface area contributed by atoms with Crippen LogP contribution in [0, 0.1) is 44.2 Å². The summed E-state index contributed by atoms with van der Waals surface area (Å²) in [6, 6.07) is 67.6. The third kappa shape index (κ3) is 28.5. The molecule has 32 nitrogen and oxygen atoms in total. The first kappa shape index (κ1) is 108. The minimum Gasteiger partial charge on any atom is -0.513 e. The normalized spacial score (nSPS) is 10.4. The van der Waals surface area contributed by atoms with Crippen molar-refractivity contribution in [3.8, 4) is 68.7 Å². The van der Waals surface area contributed by atoms with Crippen LogP contribution in [0.25, 0.3) is 28.4 Å². The van der Waals surface area contributed by atoms with Crippen LogP contribution < -0.4 is 61.6 Å². The SMILES string of the molecule is CC(C)Oc1cccc(-n2nnn(C)c2=O)c1COc1cc[c-]cc1Cl.CCOc1cccc(-n2nnn(C)c2=O)c1COc1cc[c-]cc1Cl.CCSc1cccc(-n2nnn(C)c2=O)c1COc1cc[c-]cc1Cl.Cc1cccc(-n2nnn(C)c2=O)c1COc1cc[c-]cc1Cl.Cc1cccc(-n2nnn(C)c2=O)c1COc1cc[c-]cc1Cl.[Y].[Y].[Y].[Y].[Y]. The zero-order chi connectivity index (χ0) is 87.1. The van der Waals surface area contributed by atoms with E-state index in [9.17, 15) is 24.0 Å². The number of hydrogen-bond acceptors (Lipinski definition) is 23. The predicted molar refractivity (Wildman–Crippen MR) is 459 cm³/mol. The Bertz CT molecular complexity index is 6140. The molecule has 0 amide bonds. The molecule has 0 spiro atoms. The summed E-state index contributed by atoms with van der Waals surface area (Å²) in [5.41, 5.74) is 7.23. The van der Waals surface area contributed by atoms with Crippen LogP contribution in [0.3, 0.4) is 0 Å². The van der Waals surface area contributed by atoms with Gasteiger partial charge in [0.25, 0.3) is 0 Å². The molecule has 0 aliphatic heterocycles. The van der Waals surface area contributed by atoms with E-state index in [1.165, 1.54) is 51.5 Å². The van der Waals surface area contributed by atoms with Crippen LogP contribution in [-0.2, 0) is 232 Å². The number of benzene rings is 10. The van der Waals surface area contributed by atoms with Gasteiger partial charge in [-0.25, -0.2) is 24.0 Å². The van der Waals surface area contributed by atoms with Crippen LogP contribution in [0.1, 0.15) is 66.6 Å². The molecule has 0 saturated heterocycles. The number of aryl methyl sites for hydroxylation is 7. The molecule has 0 saturated carbocycles. The van der Waals surface area contributed by atoms with E-state index >= 15 is 0 Å². The second-order valence-corrected chi connectivity index (χ2v) is 29.5. The molecular weight excluding hydrogens is 2130 g/mol. The van der Waals surface area contributed by atoms with Crippen molar-refractivity contribution in [1.82, 2.24) is 99.0 Å². The van der Waals surface area contributed by atoms with E-state index in [0.717, 1.165) is 47.8 Å². The summed E-state index contributed by atoms with van der Waals surface area (Å²) in [4.78, 5) is 62.0. The van der Waals surface area contributed by atoms with Gasteiger partial charge in [0, 0.05) is 249 Å². The van der Waals surface area contributed by atoms with E-state index in [-0.39, 0.29) is 231 Å². The summed E-state index contributed by atoms with van der Waals surface area (Å²) in [7, 11) is 7.74. The zero-order valence-corrected chi connectivity index (χ0v) is 89.2. The molecule has 0 fully saturated rings. The van der Waals surface area contributed by atoms with Crippen molar-refractivity contribution in [2.24, 2.45) is 35.2 Å². The molecule has 5 radical (unpaired) electrons. The van der Waals surface area contributed by atoms with Gasteiger partial charge in [-0.1, -0.05) is 49.4 Å². The number of ether oxygens (including phenoxy) is 7. The number of rotatable bonds is 26. The Morgan fingerprint density at radius 2 is 0.575 bits per heavy atom. The summed E-state index contributed by atoms with van der Waals surface area (Å²) >= 11 is 32.2. The second kappa shape index (κ2) is 53.1. The Hall–Kier alpha value is -7.53. The van der Waals surface area contributed by atoms with Gasteiger partial charge in [-0.3, -0.25) is 0 Å². The Labute approximate surface area is 884 Å². The quantitative estimate of drug-likeness (QED) is 0.0359. The first-order valence-electron chi connectivity index (χ1n) is 37.2. The molecule has 0 atom stereocenters. The van der Waals surface area contributed by atoms with E-state index in [1.807, 2.05) is 101 Å². The van der Waals surface area contributed by atoms with E-state index < -0.39 is 0 Å². The zero-order valence-electron chi connectivity index (χ0n) is 70.4.